The zero-order valence-corrected chi connectivity index (χ0v) is 11.8. The number of halogens is 1. The van der Waals surface area contributed by atoms with Crippen LogP contribution in [0.25, 0.3) is 0 Å². The van der Waals surface area contributed by atoms with Crippen molar-refractivity contribution in [3.05, 3.63) is 29.3 Å². The summed E-state index contributed by atoms with van der Waals surface area (Å²) < 4.78 is 10.4. The average molecular weight is 273 g/mol. The molecule has 0 bridgehead atoms. The number of methoxy groups -OCH3 is 2. The molecular formula is C13H21ClN2O2. The molecule has 102 valence electrons. The van der Waals surface area contributed by atoms with Crippen LogP contribution in [-0.2, 0) is 9.47 Å². The van der Waals surface area contributed by atoms with Gasteiger partial charge in [-0.1, -0.05) is 11.6 Å². The molecule has 0 spiro atoms. The summed E-state index contributed by atoms with van der Waals surface area (Å²) in [5, 5.41) is 4.10. The van der Waals surface area contributed by atoms with Crippen molar-refractivity contribution in [3.63, 3.8) is 0 Å². The molecule has 0 aliphatic rings. The highest BCUT2D eigenvalue weighted by atomic mass is 35.5. The van der Waals surface area contributed by atoms with Gasteiger partial charge in [0.1, 0.15) is 0 Å². The third kappa shape index (κ3) is 4.46. The van der Waals surface area contributed by atoms with Crippen LogP contribution in [0.5, 0.6) is 0 Å². The van der Waals surface area contributed by atoms with E-state index in [4.69, 9.17) is 26.8 Å². The molecule has 5 heteroatoms. The molecule has 0 saturated carbocycles. The van der Waals surface area contributed by atoms with Gasteiger partial charge in [0.25, 0.3) is 0 Å². The van der Waals surface area contributed by atoms with E-state index in [0.717, 1.165) is 5.69 Å². The van der Waals surface area contributed by atoms with Crippen molar-refractivity contribution >= 4 is 17.3 Å². The van der Waals surface area contributed by atoms with Crippen molar-refractivity contribution < 1.29 is 9.47 Å². The van der Waals surface area contributed by atoms with Crippen molar-refractivity contribution in [2.45, 2.75) is 25.2 Å². The molecule has 0 amide bonds. The standard InChI is InChI=1S/C13H21ClN2O2/c1-13(9-15,8-12(17-2)18-3)16-11-6-4-10(14)5-7-11/h4-7,12,16H,8-9,15H2,1-3H3. The van der Waals surface area contributed by atoms with E-state index >= 15 is 0 Å². The van der Waals surface area contributed by atoms with Gasteiger partial charge in [0, 0.05) is 37.9 Å². The number of hydrogen-bond acceptors (Lipinski definition) is 4. The maximum atomic E-state index is 5.85. The zero-order valence-electron chi connectivity index (χ0n) is 11.1. The molecule has 1 atom stereocenters. The highest BCUT2D eigenvalue weighted by molar-refractivity contribution is 6.30. The normalized spacial score (nSPS) is 14.6. The van der Waals surface area contributed by atoms with Gasteiger partial charge in [-0.2, -0.15) is 0 Å². The summed E-state index contributed by atoms with van der Waals surface area (Å²) in [5.41, 5.74) is 6.51. The van der Waals surface area contributed by atoms with E-state index in [1.165, 1.54) is 0 Å². The maximum absolute atomic E-state index is 5.85. The molecule has 1 rings (SSSR count). The van der Waals surface area contributed by atoms with Crippen LogP contribution in [0, 0.1) is 0 Å². The molecule has 0 aliphatic carbocycles. The Balaban J connectivity index is 2.72. The molecule has 4 nitrogen and oxygen atoms in total. The minimum atomic E-state index is -0.301. The monoisotopic (exact) mass is 272 g/mol. The quantitative estimate of drug-likeness (QED) is 0.749. The number of nitrogens with two attached hydrogens (primary N) is 1. The second-order valence-corrected chi connectivity index (χ2v) is 4.94. The third-order valence-corrected chi connectivity index (χ3v) is 3.14. The lowest BCUT2D eigenvalue weighted by Gasteiger charge is -2.33. The van der Waals surface area contributed by atoms with Gasteiger partial charge < -0.3 is 20.5 Å². The van der Waals surface area contributed by atoms with Crippen molar-refractivity contribution in [2.75, 3.05) is 26.1 Å². The van der Waals surface area contributed by atoms with Gasteiger partial charge in [-0.25, -0.2) is 0 Å². The van der Waals surface area contributed by atoms with Crippen LogP contribution in [0.15, 0.2) is 24.3 Å². The van der Waals surface area contributed by atoms with E-state index in [1.807, 2.05) is 31.2 Å². The molecule has 0 fully saturated rings. The second kappa shape index (κ2) is 6.95. The van der Waals surface area contributed by atoms with Crippen LogP contribution in [-0.4, -0.2) is 32.6 Å². The van der Waals surface area contributed by atoms with Gasteiger partial charge in [0.2, 0.25) is 0 Å². The highest BCUT2D eigenvalue weighted by Crippen LogP contribution is 2.22. The van der Waals surface area contributed by atoms with Crippen molar-refractivity contribution in [2.24, 2.45) is 5.73 Å². The van der Waals surface area contributed by atoms with E-state index in [2.05, 4.69) is 5.32 Å². The molecule has 0 heterocycles. The fourth-order valence-electron chi connectivity index (χ4n) is 1.70. The lowest BCUT2D eigenvalue weighted by molar-refractivity contribution is -0.113. The highest BCUT2D eigenvalue weighted by Gasteiger charge is 2.26. The van der Waals surface area contributed by atoms with E-state index in [1.54, 1.807) is 14.2 Å². The largest absolute Gasteiger partial charge is 0.378 e. The SMILES string of the molecule is COC(CC(C)(CN)Nc1ccc(Cl)cc1)OC. The predicted molar refractivity (Wildman–Crippen MR) is 75.0 cm³/mol. The molecule has 1 aromatic carbocycles. The van der Waals surface area contributed by atoms with E-state index < -0.39 is 0 Å². The van der Waals surface area contributed by atoms with Gasteiger partial charge >= 0.3 is 0 Å². The van der Waals surface area contributed by atoms with Crippen molar-refractivity contribution in [3.8, 4) is 0 Å². The topological polar surface area (TPSA) is 56.5 Å². The van der Waals surface area contributed by atoms with Crippen LogP contribution in [0.1, 0.15) is 13.3 Å². The molecular weight excluding hydrogens is 252 g/mol. The lowest BCUT2D eigenvalue weighted by atomic mass is 9.97. The van der Waals surface area contributed by atoms with Crippen LogP contribution in [0.2, 0.25) is 5.02 Å². The molecule has 0 saturated heterocycles. The first-order valence-corrected chi connectivity index (χ1v) is 6.20. The molecule has 0 aromatic heterocycles. The van der Waals surface area contributed by atoms with Gasteiger partial charge in [-0.05, 0) is 31.2 Å². The van der Waals surface area contributed by atoms with Crippen LogP contribution in [0.3, 0.4) is 0 Å². The van der Waals surface area contributed by atoms with E-state index in [9.17, 15) is 0 Å². The van der Waals surface area contributed by atoms with E-state index in [0.29, 0.717) is 18.0 Å². The van der Waals surface area contributed by atoms with Crippen LogP contribution in [0.4, 0.5) is 5.69 Å². The Morgan fingerprint density at radius 3 is 2.28 bits per heavy atom. The Labute approximate surface area is 113 Å². The van der Waals surface area contributed by atoms with Crippen molar-refractivity contribution in [1.29, 1.82) is 0 Å². The minimum absolute atomic E-state index is 0.279. The Hall–Kier alpha value is -0.810. The Morgan fingerprint density at radius 2 is 1.83 bits per heavy atom. The first kappa shape index (κ1) is 15.2. The summed E-state index contributed by atoms with van der Waals surface area (Å²) in [7, 11) is 3.24. The molecule has 1 aromatic rings. The maximum Gasteiger partial charge on any atom is 0.159 e. The number of rotatable bonds is 7. The number of hydrogen-bond donors (Lipinski definition) is 2. The smallest absolute Gasteiger partial charge is 0.159 e. The number of ether oxygens (including phenoxy) is 2. The van der Waals surface area contributed by atoms with Gasteiger partial charge in [0.15, 0.2) is 6.29 Å². The van der Waals surface area contributed by atoms with Gasteiger partial charge in [-0.15, -0.1) is 0 Å². The van der Waals surface area contributed by atoms with Gasteiger partial charge in [0.05, 0.1) is 5.54 Å². The summed E-state index contributed by atoms with van der Waals surface area (Å²) >= 11 is 5.85. The fourth-order valence-corrected chi connectivity index (χ4v) is 1.82. The average Bonchev–Trinajstić information content (AvgIpc) is 2.39. The molecule has 1 unspecified atom stereocenters. The number of anilines is 1. The molecule has 0 radical (unpaired) electrons. The lowest BCUT2D eigenvalue weighted by Crippen LogP contribution is -2.45. The summed E-state index contributed by atoms with van der Waals surface area (Å²) in [6.45, 7) is 2.51. The minimum Gasteiger partial charge on any atom is -0.378 e. The zero-order chi connectivity index (χ0) is 13.6. The van der Waals surface area contributed by atoms with Crippen LogP contribution >= 0.6 is 11.6 Å². The fraction of sp³-hybridized carbons (Fsp3) is 0.538. The van der Waals surface area contributed by atoms with E-state index in [-0.39, 0.29) is 11.8 Å². The number of benzene rings is 1. The molecule has 18 heavy (non-hydrogen) atoms. The summed E-state index contributed by atoms with van der Waals surface area (Å²) in [6.07, 6.45) is 0.373. The first-order chi connectivity index (χ1) is 8.53. The summed E-state index contributed by atoms with van der Waals surface area (Å²) in [5.74, 6) is 0. The van der Waals surface area contributed by atoms with Crippen molar-refractivity contribution in [1.82, 2.24) is 0 Å². The molecule has 0 aliphatic heterocycles. The second-order valence-electron chi connectivity index (χ2n) is 4.50. The van der Waals surface area contributed by atoms with Crippen LogP contribution < -0.4 is 11.1 Å². The summed E-state index contributed by atoms with van der Waals surface area (Å²) in [4.78, 5) is 0. The number of nitrogens with one attached hydrogen (secondary N) is 1. The summed E-state index contributed by atoms with van der Waals surface area (Å²) in [6, 6.07) is 7.52. The van der Waals surface area contributed by atoms with Gasteiger partial charge in [-0.3, -0.25) is 0 Å². The first-order valence-electron chi connectivity index (χ1n) is 5.82. The Morgan fingerprint density at radius 1 is 1.28 bits per heavy atom. The molecule has 3 N–H and O–H groups in total. The predicted octanol–water partition coefficient (Wildman–Crippen LogP) is 2.48. The Bertz CT molecular complexity index is 355. The third-order valence-electron chi connectivity index (χ3n) is 2.88. The Kier molecular flexibility index (Phi) is 5.88.